The maximum atomic E-state index is 9.34. The van der Waals surface area contributed by atoms with Crippen LogP contribution in [-0.2, 0) is 6.61 Å². The number of thioether (sulfide) groups is 1. The summed E-state index contributed by atoms with van der Waals surface area (Å²) in [5.41, 5.74) is 2.06. The summed E-state index contributed by atoms with van der Waals surface area (Å²) < 4.78 is 0. The predicted molar refractivity (Wildman–Crippen MR) is 71.5 cm³/mol. The molecule has 0 aliphatic carbocycles. The van der Waals surface area contributed by atoms with Crippen LogP contribution in [0.25, 0.3) is 0 Å². The second-order valence-electron chi connectivity index (χ2n) is 3.88. The second kappa shape index (κ2) is 5.80. The molecular formula is C12H16ClNOS. The summed E-state index contributed by atoms with van der Waals surface area (Å²) in [5, 5.41) is 10.1. The Labute approximate surface area is 106 Å². The lowest BCUT2D eigenvalue weighted by atomic mass is 10.1. The van der Waals surface area contributed by atoms with E-state index in [0.29, 0.717) is 0 Å². The zero-order valence-electron chi connectivity index (χ0n) is 9.16. The molecule has 1 aliphatic heterocycles. The molecule has 0 spiro atoms. The van der Waals surface area contributed by atoms with Gasteiger partial charge in [0.1, 0.15) is 0 Å². The van der Waals surface area contributed by atoms with Crippen molar-refractivity contribution in [2.75, 3.05) is 29.5 Å². The van der Waals surface area contributed by atoms with Crippen molar-refractivity contribution < 1.29 is 5.11 Å². The molecule has 88 valence electrons. The molecule has 1 saturated heterocycles. The van der Waals surface area contributed by atoms with Crippen LogP contribution in [0.1, 0.15) is 12.0 Å². The Morgan fingerprint density at radius 1 is 1.31 bits per heavy atom. The van der Waals surface area contributed by atoms with Crippen molar-refractivity contribution in [3.63, 3.8) is 0 Å². The van der Waals surface area contributed by atoms with E-state index in [0.717, 1.165) is 35.1 Å². The average Bonchev–Trinajstić information content (AvgIpc) is 2.57. The Morgan fingerprint density at radius 2 is 2.19 bits per heavy atom. The van der Waals surface area contributed by atoms with Crippen LogP contribution in [-0.4, -0.2) is 29.7 Å². The third kappa shape index (κ3) is 2.84. The maximum absolute atomic E-state index is 9.34. The molecule has 2 nitrogen and oxygen atoms in total. The van der Waals surface area contributed by atoms with Gasteiger partial charge in [-0.3, -0.25) is 0 Å². The number of aliphatic hydroxyl groups excluding tert-OH is 1. The number of benzene rings is 1. The van der Waals surface area contributed by atoms with E-state index in [4.69, 9.17) is 11.6 Å². The predicted octanol–water partition coefficient (Wildman–Crippen LogP) is 2.78. The number of hydrogen-bond donors (Lipinski definition) is 1. The van der Waals surface area contributed by atoms with Gasteiger partial charge in [0.2, 0.25) is 0 Å². The molecule has 16 heavy (non-hydrogen) atoms. The fourth-order valence-corrected chi connectivity index (χ4v) is 3.01. The molecule has 0 aromatic heterocycles. The molecule has 0 saturated carbocycles. The number of aliphatic hydroxyl groups is 1. The first-order valence-corrected chi connectivity index (χ1v) is 7.06. The van der Waals surface area contributed by atoms with Gasteiger partial charge >= 0.3 is 0 Å². The third-order valence-corrected chi connectivity index (χ3v) is 4.06. The summed E-state index contributed by atoms with van der Waals surface area (Å²) in [6.07, 6.45) is 1.20. The van der Waals surface area contributed by atoms with Gasteiger partial charge in [-0.1, -0.05) is 17.7 Å². The van der Waals surface area contributed by atoms with Crippen molar-refractivity contribution in [1.29, 1.82) is 0 Å². The van der Waals surface area contributed by atoms with Crippen molar-refractivity contribution in [2.45, 2.75) is 13.0 Å². The van der Waals surface area contributed by atoms with Gasteiger partial charge in [0.05, 0.1) is 6.61 Å². The monoisotopic (exact) mass is 257 g/mol. The molecule has 1 aromatic carbocycles. The van der Waals surface area contributed by atoms with Crippen LogP contribution in [0.3, 0.4) is 0 Å². The fourth-order valence-electron chi connectivity index (χ4n) is 1.95. The highest BCUT2D eigenvalue weighted by atomic mass is 35.5. The van der Waals surface area contributed by atoms with E-state index < -0.39 is 0 Å². The Kier molecular flexibility index (Phi) is 4.38. The van der Waals surface area contributed by atoms with Gasteiger partial charge < -0.3 is 10.0 Å². The lowest BCUT2D eigenvalue weighted by Crippen LogP contribution is -2.26. The van der Waals surface area contributed by atoms with Gasteiger partial charge in [0.15, 0.2) is 0 Å². The van der Waals surface area contributed by atoms with Crippen LogP contribution in [0.15, 0.2) is 18.2 Å². The maximum Gasteiger partial charge on any atom is 0.0702 e. The molecular weight excluding hydrogens is 242 g/mol. The van der Waals surface area contributed by atoms with Crippen LogP contribution in [0.5, 0.6) is 0 Å². The molecule has 1 aliphatic rings. The van der Waals surface area contributed by atoms with Crippen LogP contribution in [0.4, 0.5) is 5.69 Å². The van der Waals surface area contributed by atoms with E-state index in [1.165, 1.54) is 12.2 Å². The van der Waals surface area contributed by atoms with E-state index in [2.05, 4.69) is 4.90 Å². The zero-order valence-corrected chi connectivity index (χ0v) is 10.7. The Balaban J connectivity index is 2.25. The van der Waals surface area contributed by atoms with Crippen LogP contribution in [0, 0.1) is 0 Å². The van der Waals surface area contributed by atoms with Crippen molar-refractivity contribution >= 4 is 29.1 Å². The summed E-state index contributed by atoms with van der Waals surface area (Å²) in [4.78, 5) is 2.33. The molecule has 1 fully saturated rings. The van der Waals surface area contributed by atoms with E-state index in [9.17, 15) is 5.11 Å². The third-order valence-electron chi connectivity index (χ3n) is 2.78. The van der Waals surface area contributed by atoms with Gasteiger partial charge in [-0.05, 0) is 24.3 Å². The summed E-state index contributed by atoms with van der Waals surface area (Å²) >= 11 is 8.01. The number of halogens is 1. The van der Waals surface area contributed by atoms with Gasteiger partial charge in [0, 0.05) is 35.1 Å². The standard InChI is InChI=1S/C12H16ClNOS/c13-11-3-2-10(9-15)12(8-11)14-4-1-6-16-7-5-14/h2-3,8,15H,1,4-7,9H2. The highest BCUT2D eigenvalue weighted by molar-refractivity contribution is 7.99. The summed E-state index contributed by atoms with van der Waals surface area (Å²) in [7, 11) is 0. The summed E-state index contributed by atoms with van der Waals surface area (Å²) in [5.74, 6) is 2.38. The van der Waals surface area contributed by atoms with Gasteiger partial charge in [-0.15, -0.1) is 0 Å². The van der Waals surface area contributed by atoms with Crippen molar-refractivity contribution in [3.8, 4) is 0 Å². The van der Waals surface area contributed by atoms with Gasteiger partial charge in [-0.2, -0.15) is 11.8 Å². The van der Waals surface area contributed by atoms with E-state index in [1.807, 2.05) is 30.0 Å². The first-order valence-electron chi connectivity index (χ1n) is 5.53. The number of rotatable bonds is 2. The first-order chi connectivity index (χ1) is 7.81. The van der Waals surface area contributed by atoms with Gasteiger partial charge in [0.25, 0.3) is 0 Å². The Hall–Kier alpha value is -0.380. The molecule has 0 radical (unpaired) electrons. The largest absolute Gasteiger partial charge is 0.392 e. The fraction of sp³-hybridized carbons (Fsp3) is 0.500. The Morgan fingerprint density at radius 3 is 3.00 bits per heavy atom. The molecule has 4 heteroatoms. The number of nitrogens with zero attached hydrogens (tertiary/aromatic N) is 1. The van der Waals surface area contributed by atoms with Crippen LogP contribution < -0.4 is 4.90 Å². The van der Waals surface area contributed by atoms with Crippen molar-refractivity contribution in [3.05, 3.63) is 28.8 Å². The minimum absolute atomic E-state index is 0.0795. The highest BCUT2D eigenvalue weighted by Crippen LogP contribution is 2.27. The lowest BCUT2D eigenvalue weighted by Gasteiger charge is -2.24. The molecule has 0 amide bonds. The van der Waals surface area contributed by atoms with Crippen molar-refractivity contribution in [2.24, 2.45) is 0 Å². The number of anilines is 1. The van der Waals surface area contributed by atoms with E-state index >= 15 is 0 Å². The molecule has 0 unspecified atom stereocenters. The average molecular weight is 258 g/mol. The minimum Gasteiger partial charge on any atom is -0.392 e. The number of hydrogen-bond acceptors (Lipinski definition) is 3. The van der Waals surface area contributed by atoms with Gasteiger partial charge in [-0.25, -0.2) is 0 Å². The van der Waals surface area contributed by atoms with Crippen LogP contribution in [0.2, 0.25) is 5.02 Å². The Bertz CT molecular complexity index is 351. The zero-order chi connectivity index (χ0) is 11.4. The first kappa shape index (κ1) is 12.1. The highest BCUT2D eigenvalue weighted by Gasteiger charge is 2.13. The molecule has 1 N–H and O–H groups in total. The smallest absolute Gasteiger partial charge is 0.0702 e. The van der Waals surface area contributed by atoms with E-state index in [1.54, 1.807) is 0 Å². The minimum atomic E-state index is 0.0795. The van der Waals surface area contributed by atoms with Crippen molar-refractivity contribution in [1.82, 2.24) is 0 Å². The quantitative estimate of drug-likeness (QED) is 0.881. The molecule has 1 aromatic rings. The topological polar surface area (TPSA) is 23.5 Å². The lowest BCUT2D eigenvalue weighted by molar-refractivity contribution is 0.282. The molecule has 1 heterocycles. The normalized spacial score (nSPS) is 17.2. The van der Waals surface area contributed by atoms with Crippen LogP contribution >= 0.6 is 23.4 Å². The molecule has 0 atom stereocenters. The summed E-state index contributed by atoms with van der Waals surface area (Å²) in [6, 6.07) is 5.71. The summed E-state index contributed by atoms with van der Waals surface area (Å²) in [6.45, 7) is 2.18. The second-order valence-corrected chi connectivity index (χ2v) is 5.55. The molecule has 0 bridgehead atoms. The SMILES string of the molecule is OCc1ccc(Cl)cc1N1CCCSCC1. The molecule has 2 rings (SSSR count). The van der Waals surface area contributed by atoms with E-state index in [-0.39, 0.29) is 6.61 Å².